The minimum absolute atomic E-state index is 0.0535. The molecule has 0 spiro atoms. The fraction of sp³-hybridized carbons (Fsp3) is 0.368. The van der Waals surface area contributed by atoms with Crippen LogP contribution in [0.25, 0.3) is 22.3 Å². The number of furan rings is 1. The highest BCUT2D eigenvalue weighted by molar-refractivity contribution is 6.32. The molecular weight excluding hydrogens is 371 g/mol. The molecular formula is C19H20ClFN4O2. The lowest BCUT2D eigenvalue weighted by Crippen LogP contribution is -2.23. The summed E-state index contributed by atoms with van der Waals surface area (Å²) >= 11 is 6.36. The number of fused-ring (bicyclic) bond motifs is 1. The SMILES string of the molecule is C[C@@H]1C[C@@H](CO)C[C@H]1Nc1nc(N)nc(Cl)c1-c1cc2cc(F)ccc2o1. The van der Waals surface area contributed by atoms with Gasteiger partial charge in [0.15, 0.2) is 0 Å². The number of hydrogen-bond donors (Lipinski definition) is 3. The van der Waals surface area contributed by atoms with Gasteiger partial charge in [-0.25, -0.2) is 9.37 Å². The summed E-state index contributed by atoms with van der Waals surface area (Å²) in [6.45, 7) is 2.29. The number of aliphatic hydroxyl groups is 1. The van der Waals surface area contributed by atoms with Crippen molar-refractivity contribution in [3.63, 3.8) is 0 Å². The Bertz CT molecular complexity index is 993. The van der Waals surface area contributed by atoms with E-state index >= 15 is 0 Å². The van der Waals surface area contributed by atoms with Crippen LogP contribution in [0, 0.1) is 17.7 Å². The molecule has 142 valence electrons. The van der Waals surface area contributed by atoms with Crippen LogP contribution < -0.4 is 11.1 Å². The highest BCUT2D eigenvalue weighted by atomic mass is 35.5. The van der Waals surface area contributed by atoms with Crippen molar-refractivity contribution in [3.05, 3.63) is 35.2 Å². The molecule has 1 fully saturated rings. The normalized spacial score (nSPS) is 22.4. The van der Waals surface area contributed by atoms with E-state index in [1.54, 1.807) is 12.1 Å². The van der Waals surface area contributed by atoms with Crippen LogP contribution in [0.3, 0.4) is 0 Å². The molecule has 0 unspecified atom stereocenters. The number of nitrogens with one attached hydrogen (secondary N) is 1. The fourth-order valence-electron chi connectivity index (χ4n) is 3.81. The van der Waals surface area contributed by atoms with Gasteiger partial charge < -0.3 is 20.6 Å². The zero-order valence-electron chi connectivity index (χ0n) is 14.7. The second-order valence-electron chi connectivity index (χ2n) is 7.14. The highest BCUT2D eigenvalue weighted by Crippen LogP contribution is 2.39. The van der Waals surface area contributed by atoms with Crippen molar-refractivity contribution in [1.82, 2.24) is 9.97 Å². The first-order chi connectivity index (χ1) is 12.9. The van der Waals surface area contributed by atoms with Gasteiger partial charge in [-0.2, -0.15) is 4.98 Å². The summed E-state index contributed by atoms with van der Waals surface area (Å²) in [4.78, 5) is 8.36. The number of halogens is 2. The van der Waals surface area contributed by atoms with Gasteiger partial charge in [-0.1, -0.05) is 18.5 Å². The van der Waals surface area contributed by atoms with Crippen molar-refractivity contribution in [2.45, 2.75) is 25.8 Å². The van der Waals surface area contributed by atoms with Gasteiger partial charge in [-0.15, -0.1) is 0 Å². The molecule has 0 radical (unpaired) electrons. The molecule has 0 saturated heterocycles. The number of benzene rings is 1. The zero-order valence-corrected chi connectivity index (χ0v) is 15.5. The second kappa shape index (κ2) is 6.98. The van der Waals surface area contributed by atoms with Gasteiger partial charge in [0.25, 0.3) is 0 Å². The first kappa shape index (κ1) is 18.0. The molecule has 3 aromatic rings. The number of nitrogens with zero attached hydrogens (tertiary/aromatic N) is 2. The number of nitrogens with two attached hydrogens (primary N) is 1. The Hall–Kier alpha value is -2.38. The fourth-order valence-corrected chi connectivity index (χ4v) is 4.08. The first-order valence-corrected chi connectivity index (χ1v) is 9.22. The maximum Gasteiger partial charge on any atom is 0.223 e. The summed E-state index contributed by atoms with van der Waals surface area (Å²) in [5.74, 6) is 1.23. The predicted molar refractivity (Wildman–Crippen MR) is 103 cm³/mol. The zero-order chi connectivity index (χ0) is 19.1. The number of anilines is 2. The standard InChI is InChI=1S/C19H20ClFN4O2/c1-9-4-10(8-26)5-13(9)23-18-16(17(20)24-19(22)25-18)15-7-11-6-12(21)2-3-14(11)27-15/h2-3,6-7,9-10,13,26H,4-5,8H2,1H3,(H3,22,23,24,25)/t9-,10-,13-/m1/s1. The molecule has 6 nitrogen and oxygen atoms in total. The van der Waals surface area contributed by atoms with E-state index in [9.17, 15) is 9.50 Å². The Morgan fingerprint density at radius 2 is 2.15 bits per heavy atom. The molecule has 0 aliphatic heterocycles. The summed E-state index contributed by atoms with van der Waals surface area (Å²) in [6, 6.07) is 6.13. The molecule has 8 heteroatoms. The Balaban J connectivity index is 1.75. The minimum atomic E-state index is -0.345. The van der Waals surface area contributed by atoms with Crippen LogP contribution in [-0.4, -0.2) is 27.7 Å². The van der Waals surface area contributed by atoms with Crippen molar-refractivity contribution < 1.29 is 13.9 Å². The van der Waals surface area contributed by atoms with Gasteiger partial charge in [0.05, 0.1) is 5.56 Å². The minimum Gasteiger partial charge on any atom is -0.456 e. The number of aliphatic hydroxyl groups excluding tert-OH is 1. The molecule has 1 aliphatic rings. The summed E-state index contributed by atoms with van der Waals surface area (Å²) in [5.41, 5.74) is 6.83. The number of rotatable bonds is 4. The topological polar surface area (TPSA) is 97.2 Å². The highest BCUT2D eigenvalue weighted by Gasteiger charge is 2.32. The monoisotopic (exact) mass is 390 g/mol. The van der Waals surface area contributed by atoms with Gasteiger partial charge in [0.2, 0.25) is 5.95 Å². The van der Waals surface area contributed by atoms with Crippen molar-refractivity contribution >= 4 is 34.3 Å². The van der Waals surface area contributed by atoms with Crippen LogP contribution in [0.1, 0.15) is 19.8 Å². The Labute approximate surface area is 160 Å². The second-order valence-corrected chi connectivity index (χ2v) is 7.50. The number of aromatic nitrogens is 2. The van der Waals surface area contributed by atoms with Crippen molar-refractivity contribution in [2.75, 3.05) is 17.7 Å². The third-order valence-electron chi connectivity index (χ3n) is 5.17. The van der Waals surface area contributed by atoms with E-state index in [2.05, 4.69) is 22.2 Å². The summed E-state index contributed by atoms with van der Waals surface area (Å²) in [7, 11) is 0. The summed E-state index contributed by atoms with van der Waals surface area (Å²) in [6.07, 6.45) is 1.76. The molecule has 1 aromatic carbocycles. The molecule has 2 aromatic heterocycles. The van der Waals surface area contributed by atoms with Crippen LogP contribution >= 0.6 is 11.6 Å². The summed E-state index contributed by atoms with van der Waals surface area (Å²) < 4.78 is 19.4. The van der Waals surface area contributed by atoms with Crippen LogP contribution in [0.4, 0.5) is 16.2 Å². The Morgan fingerprint density at radius 3 is 2.89 bits per heavy atom. The van der Waals surface area contributed by atoms with Gasteiger partial charge in [0.1, 0.15) is 28.1 Å². The van der Waals surface area contributed by atoms with Gasteiger partial charge in [-0.05, 0) is 48.9 Å². The van der Waals surface area contributed by atoms with Crippen molar-refractivity contribution in [1.29, 1.82) is 0 Å². The molecule has 3 atom stereocenters. The van der Waals surface area contributed by atoms with Gasteiger partial charge in [0, 0.05) is 18.0 Å². The van der Waals surface area contributed by atoms with Gasteiger partial charge in [-0.3, -0.25) is 0 Å². The molecule has 1 aliphatic carbocycles. The quantitative estimate of drug-likeness (QED) is 0.580. The number of hydrogen-bond acceptors (Lipinski definition) is 6. The largest absolute Gasteiger partial charge is 0.456 e. The van der Waals surface area contributed by atoms with E-state index < -0.39 is 0 Å². The molecule has 1 saturated carbocycles. The van der Waals surface area contributed by atoms with E-state index in [-0.39, 0.29) is 35.5 Å². The Morgan fingerprint density at radius 1 is 1.33 bits per heavy atom. The van der Waals surface area contributed by atoms with E-state index in [1.165, 1.54) is 12.1 Å². The van der Waals surface area contributed by atoms with E-state index in [0.717, 1.165) is 12.8 Å². The molecule has 0 bridgehead atoms. The maximum atomic E-state index is 13.5. The molecule has 4 N–H and O–H groups in total. The van der Waals surface area contributed by atoms with E-state index in [1.807, 2.05) is 0 Å². The molecule has 0 amide bonds. The lowest BCUT2D eigenvalue weighted by Gasteiger charge is -2.20. The van der Waals surface area contributed by atoms with Crippen LogP contribution in [0.5, 0.6) is 0 Å². The number of nitrogen functional groups attached to an aromatic ring is 1. The molecule has 4 rings (SSSR count). The third kappa shape index (κ3) is 3.44. The van der Waals surface area contributed by atoms with Crippen LogP contribution in [-0.2, 0) is 0 Å². The van der Waals surface area contributed by atoms with Crippen molar-refractivity contribution in [2.24, 2.45) is 11.8 Å². The summed E-state index contributed by atoms with van der Waals surface area (Å²) in [5, 5.41) is 13.6. The maximum absolute atomic E-state index is 13.5. The van der Waals surface area contributed by atoms with Crippen LogP contribution in [0.2, 0.25) is 5.15 Å². The molecule has 27 heavy (non-hydrogen) atoms. The van der Waals surface area contributed by atoms with E-state index in [4.69, 9.17) is 21.8 Å². The Kier molecular flexibility index (Phi) is 4.65. The molecule has 2 heterocycles. The average Bonchev–Trinajstić information content (AvgIpc) is 3.17. The smallest absolute Gasteiger partial charge is 0.223 e. The first-order valence-electron chi connectivity index (χ1n) is 8.84. The third-order valence-corrected chi connectivity index (χ3v) is 5.44. The predicted octanol–water partition coefficient (Wildman–Crippen LogP) is 4.08. The van der Waals surface area contributed by atoms with Crippen molar-refractivity contribution in [3.8, 4) is 11.3 Å². The van der Waals surface area contributed by atoms with Gasteiger partial charge >= 0.3 is 0 Å². The lowest BCUT2D eigenvalue weighted by atomic mass is 10.1. The van der Waals surface area contributed by atoms with Crippen LogP contribution in [0.15, 0.2) is 28.7 Å². The van der Waals surface area contributed by atoms with E-state index in [0.29, 0.717) is 34.0 Å². The average molecular weight is 391 g/mol. The lowest BCUT2D eigenvalue weighted by molar-refractivity contribution is 0.226.